The fourth-order valence-electron chi connectivity index (χ4n) is 0.895. The molecular formula is C10H10FNO. The first kappa shape index (κ1) is 9.53. The maximum absolute atomic E-state index is 13.0. The van der Waals surface area contributed by atoms with Crippen LogP contribution in [-0.4, -0.2) is 6.10 Å². The summed E-state index contributed by atoms with van der Waals surface area (Å²) in [4.78, 5) is 0. The van der Waals surface area contributed by atoms with Crippen molar-refractivity contribution < 1.29 is 9.13 Å². The lowest BCUT2D eigenvalue weighted by molar-refractivity contribution is 0.240. The molecule has 2 nitrogen and oxygen atoms in total. The summed E-state index contributed by atoms with van der Waals surface area (Å²) >= 11 is 0. The monoisotopic (exact) mass is 179 g/mol. The molecule has 0 aliphatic heterocycles. The van der Waals surface area contributed by atoms with Gasteiger partial charge in [0.1, 0.15) is 6.07 Å². The van der Waals surface area contributed by atoms with Crippen LogP contribution in [0.4, 0.5) is 4.39 Å². The fourth-order valence-corrected chi connectivity index (χ4v) is 0.895. The Morgan fingerprint density at radius 1 is 1.54 bits per heavy atom. The molecule has 1 unspecified atom stereocenters. The van der Waals surface area contributed by atoms with E-state index in [4.69, 9.17) is 10.00 Å². The first-order chi connectivity index (χ1) is 6.27. The van der Waals surface area contributed by atoms with E-state index in [1.807, 2.05) is 13.0 Å². The van der Waals surface area contributed by atoms with Gasteiger partial charge in [-0.3, -0.25) is 0 Å². The number of benzene rings is 1. The Labute approximate surface area is 76.6 Å². The number of nitrogens with zero attached hydrogens (tertiary/aromatic N) is 1. The topological polar surface area (TPSA) is 33.0 Å². The normalized spacial score (nSPS) is 11.8. The molecule has 0 aromatic heterocycles. The van der Waals surface area contributed by atoms with Crippen LogP contribution in [0.2, 0.25) is 0 Å². The van der Waals surface area contributed by atoms with Gasteiger partial charge in [0.25, 0.3) is 0 Å². The lowest BCUT2D eigenvalue weighted by Crippen LogP contribution is -2.12. The van der Waals surface area contributed by atoms with Gasteiger partial charge in [0, 0.05) is 0 Å². The van der Waals surface area contributed by atoms with Crippen molar-refractivity contribution in [2.24, 2.45) is 0 Å². The second kappa shape index (κ2) is 4.46. The minimum atomic E-state index is -0.572. The van der Waals surface area contributed by atoms with Gasteiger partial charge in [-0.15, -0.1) is 0 Å². The molecule has 0 spiro atoms. The summed E-state index contributed by atoms with van der Waals surface area (Å²) < 4.78 is 18.1. The Kier molecular flexibility index (Phi) is 3.27. The van der Waals surface area contributed by atoms with Gasteiger partial charge in [0.15, 0.2) is 17.7 Å². The van der Waals surface area contributed by atoms with Gasteiger partial charge in [-0.1, -0.05) is 19.1 Å². The minimum Gasteiger partial charge on any atom is -0.473 e. The van der Waals surface area contributed by atoms with Crippen molar-refractivity contribution in [1.82, 2.24) is 0 Å². The van der Waals surface area contributed by atoms with E-state index in [9.17, 15) is 4.39 Å². The first-order valence-electron chi connectivity index (χ1n) is 4.08. The van der Waals surface area contributed by atoms with E-state index in [0.717, 1.165) is 0 Å². The number of rotatable bonds is 3. The van der Waals surface area contributed by atoms with Crippen LogP contribution < -0.4 is 4.74 Å². The molecule has 13 heavy (non-hydrogen) atoms. The number of hydrogen-bond donors (Lipinski definition) is 0. The standard InChI is InChI=1S/C10H10FNO/c1-2-8(7-12)13-10-6-4-3-5-9(10)11/h3-6,8H,2H2,1H3. The number of ether oxygens (including phenoxy) is 1. The zero-order valence-corrected chi connectivity index (χ0v) is 7.33. The molecule has 3 heteroatoms. The number of halogens is 1. The molecule has 1 rings (SSSR count). The molecule has 1 atom stereocenters. The molecule has 0 saturated heterocycles. The van der Waals surface area contributed by atoms with Crippen LogP contribution in [0.5, 0.6) is 5.75 Å². The number of para-hydroxylation sites is 1. The minimum absolute atomic E-state index is 0.135. The van der Waals surface area contributed by atoms with Crippen molar-refractivity contribution in [3.8, 4) is 11.8 Å². The molecule has 68 valence electrons. The predicted molar refractivity (Wildman–Crippen MR) is 46.7 cm³/mol. The highest BCUT2D eigenvalue weighted by atomic mass is 19.1. The number of nitriles is 1. The van der Waals surface area contributed by atoms with E-state index < -0.39 is 11.9 Å². The Balaban J connectivity index is 2.74. The maximum atomic E-state index is 13.0. The van der Waals surface area contributed by atoms with Gasteiger partial charge in [-0.25, -0.2) is 4.39 Å². The van der Waals surface area contributed by atoms with Gasteiger partial charge in [0.05, 0.1) is 0 Å². The Morgan fingerprint density at radius 2 is 2.23 bits per heavy atom. The molecule has 0 saturated carbocycles. The van der Waals surface area contributed by atoms with Crippen LogP contribution >= 0.6 is 0 Å². The van der Waals surface area contributed by atoms with Crippen LogP contribution in [0.25, 0.3) is 0 Å². The fraction of sp³-hybridized carbons (Fsp3) is 0.300. The van der Waals surface area contributed by atoms with Crippen LogP contribution in [-0.2, 0) is 0 Å². The largest absolute Gasteiger partial charge is 0.473 e. The van der Waals surface area contributed by atoms with E-state index in [-0.39, 0.29) is 5.75 Å². The number of hydrogen-bond acceptors (Lipinski definition) is 2. The second-order valence-electron chi connectivity index (χ2n) is 2.57. The van der Waals surface area contributed by atoms with E-state index >= 15 is 0 Å². The highest BCUT2D eigenvalue weighted by molar-refractivity contribution is 5.24. The van der Waals surface area contributed by atoms with Crippen LogP contribution in [0, 0.1) is 17.1 Å². The lowest BCUT2D eigenvalue weighted by atomic mass is 10.3. The first-order valence-corrected chi connectivity index (χ1v) is 4.08. The predicted octanol–water partition coefficient (Wildman–Crippen LogP) is 2.51. The Bertz CT molecular complexity index is 319. The zero-order chi connectivity index (χ0) is 9.68. The maximum Gasteiger partial charge on any atom is 0.184 e. The summed E-state index contributed by atoms with van der Waals surface area (Å²) in [5.41, 5.74) is 0. The van der Waals surface area contributed by atoms with Crippen molar-refractivity contribution >= 4 is 0 Å². The Morgan fingerprint density at radius 3 is 2.77 bits per heavy atom. The van der Waals surface area contributed by atoms with Gasteiger partial charge in [-0.2, -0.15) is 5.26 Å². The van der Waals surface area contributed by atoms with E-state index in [1.165, 1.54) is 12.1 Å². The molecule has 0 bridgehead atoms. The van der Waals surface area contributed by atoms with Crippen molar-refractivity contribution in [3.63, 3.8) is 0 Å². The lowest BCUT2D eigenvalue weighted by Gasteiger charge is -2.10. The third-order valence-corrected chi connectivity index (χ3v) is 1.62. The molecule has 0 heterocycles. The summed E-state index contributed by atoms with van der Waals surface area (Å²) in [6, 6.07) is 8.00. The molecule has 1 aromatic carbocycles. The molecule has 1 aromatic rings. The summed E-state index contributed by atoms with van der Waals surface area (Å²) in [5.74, 6) is -0.299. The summed E-state index contributed by atoms with van der Waals surface area (Å²) in [6.45, 7) is 1.81. The molecule has 0 aliphatic carbocycles. The van der Waals surface area contributed by atoms with Gasteiger partial charge >= 0.3 is 0 Å². The van der Waals surface area contributed by atoms with E-state index in [1.54, 1.807) is 12.1 Å². The molecule has 0 fully saturated rings. The Hall–Kier alpha value is -1.56. The molecule has 0 amide bonds. The molecule has 0 radical (unpaired) electrons. The van der Waals surface area contributed by atoms with Crippen molar-refractivity contribution in [2.45, 2.75) is 19.4 Å². The van der Waals surface area contributed by atoms with Crippen LogP contribution in [0.15, 0.2) is 24.3 Å². The van der Waals surface area contributed by atoms with Crippen molar-refractivity contribution in [1.29, 1.82) is 5.26 Å². The summed E-state index contributed by atoms with van der Waals surface area (Å²) in [7, 11) is 0. The van der Waals surface area contributed by atoms with Crippen LogP contribution in [0.1, 0.15) is 13.3 Å². The van der Waals surface area contributed by atoms with Crippen LogP contribution in [0.3, 0.4) is 0 Å². The second-order valence-corrected chi connectivity index (χ2v) is 2.57. The third-order valence-electron chi connectivity index (χ3n) is 1.62. The van der Waals surface area contributed by atoms with Crippen molar-refractivity contribution in [2.75, 3.05) is 0 Å². The van der Waals surface area contributed by atoms with E-state index in [2.05, 4.69) is 0 Å². The molecule has 0 N–H and O–H groups in total. The average Bonchev–Trinajstić information content (AvgIpc) is 2.17. The molecule has 0 aliphatic rings. The zero-order valence-electron chi connectivity index (χ0n) is 7.33. The van der Waals surface area contributed by atoms with Gasteiger partial charge < -0.3 is 4.74 Å². The SMILES string of the molecule is CCC(C#N)Oc1ccccc1F. The summed E-state index contributed by atoms with van der Waals surface area (Å²) in [6.07, 6.45) is -0.0259. The third kappa shape index (κ3) is 2.45. The average molecular weight is 179 g/mol. The quantitative estimate of drug-likeness (QED) is 0.714. The summed E-state index contributed by atoms with van der Waals surface area (Å²) in [5, 5.41) is 8.58. The van der Waals surface area contributed by atoms with Gasteiger partial charge in [0.2, 0.25) is 0 Å². The van der Waals surface area contributed by atoms with E-state index in [0.29, 0.717) is 6.42 Å². The molecular weight excluding hydrogens is 169 g/mol. The van der Waals surface area contributed by atoms with Crippen molar-refractivity contribution in [3.05, 3.63) is 30.1 Å². The highest BCUT2D eigenvalue weighted by Crippen LogP contribution is 2.17. The highest BCUT2D eigenvalue weighted by Gasteiger charge is 2.08. The van der Waals surface area contributed by atoms with Gasteiger partial charge in [-0.05, 0) is 18.6 Å². The smallest absolute Gasteiger partial charge is 0.184 e.